The fourth-order valence-corrected chi connectivity index (χ4v) is 11.2. The number of fused-ring (bicyclic) bond motifs is 4. The summed E-state index contributed by atoms with van der Waals surface area (Å²) < 4.78 is 40.7. The standard InChI is InChI=1S/C42H55N5O9S/c1-4-15-55-35-22-43-38(33-12-8-7-11-32(33)35)56-30-20-34-37(48)44-42(40(50)45-57(53,54)31-13-14-31)21-28(42)10-6-5-9-24(2)16-25(3)36(39(49)46(34)23-30)47(41(51)52)29-18-26-17-27(26)19-29/h6-8,10-12,22,24-31,34,36H,4-5,9,13-21,23H2,1-3H3,(H,44,48)(H,45,50)(H,51,52)/b10-6-/t24-,25+,26-,27?,28+,29?,30+,34-,36-,42+/m0/s1. The highest BCUT2D eigenvalue weighted by atomic mass is 32.2. The van der Waals surface area contributed by atoms with Crippen LogP contribution >= 0.6 is 0 Å². The summed E-state index contributed by atoms with van der Waals surface area (Å²) in [5.74, 6) is -0.694. The first-order valence-corrected chi connectivity index (χ1v) is 22.4. The number of sulfonamides is 1. The van der Waals surface area contributed by atoms with Gasteiger partial charge in [0.15, 0.2) is 0 Å². The van der Waals surface area contributed by atoms with Crippen LogP contribution in [0.3, 0.4) is 0 Å². The van der Waals surface area contributed by atoms with E-state index in [0.717, 1.165) is 24.6 Å². The molecule has 8 rings (SSSR count). The van der Waals surface area contributed by atoms with Gasteiger partial charge >= 0.3 is 6.09 Å². The van der Waals surface area contributed by atoms with Gasteiger partial charge in [-0.2, -0.15) is 0 Å². The molecule has 10 atom stereocenters. The lowest BCUT2D eigenvalue weighted by atomic mass is 9.86. The Labute approximate surface area is 334 Å². The second-order valence-corrected chi connectivity index (χ2v) is 19.6. The van der Waals surface area contributed by atoms with E-state index in [1.165, 1.54) is 9.80 Å². The van der Waals surface area contributed by atoms with Crippen LogP contribution in [0.5, 0.6) is 11.6 Å². The number of carbonyl (C=O) groups is 4. The van der Waals surface area contributed by atoms with E-state index in [4.69, 9.17) is 9.47 Å². The molecule has 308 valence electrons. The Morgan fingerprint density at radius 2 is 1.79 bits per heavy atom. The number of nitrogens with one attached hydrogen (secondary N) is 2. The molecule has 4 saturated carbocycles. The van der Waals surface area contributed by atoms with Gasteiger partial charge in [0.1, 0.15) is 29.5 Å². The van der Waals surface area contributed by atoms with Gasteiger partial charge in [0.25, 0.3) is 5.91 Å². The minimum Gasteiger partial charge on any atom is -0.491 e. The molecule has 4 aliphatic carbocycles. The van der Waals surface area contributed by atoms with Crippen molar-refractivity contribution in [1.82, 2.24) is 24.8 Å². The molecule has 6 aliphatic rings. The van der Waals surface area contributed by atoms with Crippen molar-refractivity contribution in [3.63, 3.8) is 0 Å². The molecule has 15 heteroatoms. The van der Waals surface area contributed by atoms with Crippen molar-refractivity contribution in [2.24, 2.45) is 29.6 Å². The molecule has 0 spiro atoms. The molecule has 3 heterocycles. The van der Waals surface area contributed by atoms with Crippen molar-refractivity contribution in [2.45, 2.75) is 126 Å². The Morgan fingerprint density at radius 3 is 2.49 bits per heavy atom. The van der Waals surface area contributed by atoms with E-state index in [-0.39, 0.29) is 37.3 Å². The first kappa shape index (κ1) is 39.4. The third-order valence-corrected chi connectivity index (χ3v) is 15.0. The van der Waals surface area contributed by atoms with Crippen LogP contribution in [-0.4, -0.2) is 100 Å². The van der Waals surface area contributed by atoms with E-state index in [0.29, 0.717) is 74.0 Å². The van der Waals surface area contributed by atoms with E-state index >= 15 is 4.79 Å². The highest BCUT2D eigenvalue weighted by Gasteiger charge is 2.62. The van der Waals surface area contributed by atoms with Gasteiger partial charge < -0.3 is 24.8 Å². The van der Waals surface area contributed by atoms with Crippen molar-refractivity contribution in [3.05, 3.63) is 42.6 Å². The number of hydrogen-bond donors (Lipinski definition) is 3. The van der Waals surface area contributed by atoms with E-state index < -0.39 is 68.7 Å². The number of hydrogen-bond acceptors (Lipinski definition) is 9. The molecule has 0 bridgehead atoms. The fraction of sp³-hybridized carbons (Fsp3) is 0.643. The predicted molar refractivity (Wildman–Crippen MR) is 211 cm³/mol. The third kappa shape index (κ3) is 7.92. The van der Waals surface area contributed by atoms with Crippen molar-refractivity contribution >= 4 is 44.6 Å². The number of aromatic nitrogens is 1. The molecular weight excluding hydrogens is 751 g/mol. The van der Waals surface area contributed by atoms with E-state index in [1.54, 1.807) is 6.20 Å². The third-order valence-electron chi connectivity index (χ3n) is 13.2. The minimum absolute atomic E-state index is 0.0260. The second kappa shape index (κ2) is 15.4. The zero-order valence-electron chi connectivity index (χ0n) is 33.0. The molecule has 4 amide bonds. The van der Waals surface area contributed by atoms with Gasteiger partial charge in [-0.1, -0.05) is 51.1 Å². The Bertz CT molecular complexity index is 2050. The number of ether oxygens (including phenoxy) is 2. The summed E-state index contributed by atoms with van der Waals surface area (Å²) in [7, 11) is -3.91. The van der Waals surface area contributed by atoms with Crippen molar-refractivity contribution < 1.29 is 42.2 Å². The normalized spacial score (nSPS) is 34.4. The highest BCUT2D eigenvalue weighted by Crippen LogP contribution is 2.54. The summed E-state index contributed by atoms with van der Waals surface area (Å²) in [6, 6.07) is 5.06. The maximum absolute atomic E-state index is 15.2. The number of amides is 4. The summed E-state index contributed by atoms with van der Waals surface area (Å²) in [6.45, 7) is 6.54. The average molecular weight is 806 g/mol. The van der Waals surface area contributed by atoms with Crippen LogP contribution in [0.4, 0.5) is 4.79 Å². The van der Waals surface area contributed by atoms with Gasteiger partial charge in [-0.3, -0.25) is 24.0 Å². The quantitative estimate of drug-likeness (QED) is 0.276. The van der Waals surface area contributed by atoms with Crippen molar-refractivity contribution in [3.8, 4) is 11.6 Å². The van der Waals surface area contributed by atoms with Crippen LogP contribution in [0.2, 0.25) is 0 Å². The Hall–Kier alpha value is -4.40. The molecular formula is C42H55N5O9S. The number of carbonyl (C=O) groups excluding carboxylic acids is 3. The topological polar surface area (TPSA) is 185 Å². The number of carboxylic acid groups (broad SMARTS) is 1. The molecule has 2 aliphatic heterocycles. The number of rotatable bonds is 10. The lowest BCUT2D eigenvalue weighted by Crippen LogP contribution is -2.61. The van der Waals surface area contributed by atoms with E-state index in [2.05, 4.69) is 21.9 Å². The number of allylic oxidation sites excluding steroid dienone is 1. The van der Waals surface area contributed by atoms with Crippen LogP contribution < -0.4 is 19.5 Å². The zero-order chi connectivity index (χ0) is 40.2. The van der Waals surface area contributed by atoms with Gasteiger partial charge in [-0.25, -0.2) is 18.2 Å². The Morgan fingerprint density at radius 1 is 1.05 bits per heavy atom. The summed E-state index contributed by atoms with van der Waals surface area (Å²) in [4.78, 5) is 64.5. The second-order valence-electron chi connectivity index (χ2n) is 17.6. The van der Waals surface area contributed by atoms with Crippen molar-refractivity contribution in [1.29, 1.82) is 0 Å². The molecule has 1 aromatic carbocycles. The first-order valence-electron chi connectivity index (χ1n) is 20.8. The number of pyridine rings is 1. The first-order chi connectivity index (χ1) is 27.3. The maximum atomic E-state index is 15.2. The predicted octanol–water partition coefficient (Wildman–Crippen LogP) is 5.01. The van der Waals surface area contributed by atoms with Gasteiger partial charge in [0, 0.05) is 29.2 Å². The van der Waals surface area contributed by atoms with E-state index in [9.17, 15) is 27.9 Å². The maximum Gasteiger partial charge on any atom is 0.408 e. The fourth-order valence-electron chi connectivity index (χ4n) is 9.80. The van der Waals surface area contributed by atoms with Crippen molar-refractivity contribution in [2.75, 3.05) is 13.2 Å². The molecule has 2 unspecified atom stereocenters. The summed E-state index contributed by atoms with van der Waals surface area (Å²) >= 11 is 0. The smallest absolute Gasteiger partial charge is 0.408 e. The molecule has 0 radical (unpaired) electrons. The highest BCUT2D eigenvalue weighted by molar-refractivity contribution is 7.91. The monoisotopic (exact) mass is 805 g/mol. The molecule has 1 aromatic heterocycles. The number of benzene rings is 1. The van der Waals surface area contributed by atoms with E-state index in [1.807, 2.05) is 50.3 Å². The molecule has 3 N–H and O–H groups in total. The van der Waals surface area contributed by atoms with Gasteiger partial charge in [-0.15, -0.1) is 0 Å². The zero-order valence-corrected chi connectivity index (χ0v) is 33.8. The van der Waals surface area contributed by atoms with Crippen LogP contribution in [0.15, 0.2) is 42.6 Å². The summed E-state index contributed by atoms with van der Waals surface area (Å²) in [6.07, 6.45) is 10.1. The summed E-state index contributed by atoms with van der Waals surface area (Å²) in [5, 5.41) is 14.6. The van der Waals surface area contributed by atoms with Crippen LogP contribution in [0, 0.1) is 29.6 Å². The minimum atomic E-state index is -3.91. The van der Waals surface area contributed by atoms with Crippen LogP contribution in [0.1, 0.15) is 91.4 Å². The summed E-state index contributed by atoms with van der Waals surface area (Å²) in [5.41, 5.74) is -1.52. The molecule has 1 saturated heterocycles. The largest absolute Gasteiger partial charge is 0.491 e. The Balaban J connectivity index is 1.15. The molecule has 2 aromatic rings. The lowest BCUT2D eigenvalue weighted by molar-refractivity contribution is -0.145. The number of nitrogens with zero attached hydrogens (tertiary/aromatic N) is 3. The van der Waals surface area contributed by atoms with Gasteiger partial charge in [-0.05, 0) is 93.9 Å². The Kier molecular flexibility index (Phi) is 10.7. The SMILES string of the molecule is CCCOc1cnc(O[C@@H]2C[C@H]3C(=O)N[C@]4(C(=O)NS(=O)(=O)C5CC5)C[C@H]4/C=C\CC[C@H](C)C[C@@H](C)[C@H](N(C(=O)O)C4CC5C[C@H]5C4)C(=O)N3C2)c2ccccc12. The molecule has 14 nitrogen and oxygen atoms in total. The van der Waals surface area contributed by atoms with Gasteiger partial charge in [0.2, 0.25) is 27.7 Å². The average Bonchev–Trinajstić information content (AvgIpc) is 4.14. The van der Waals surface area contributed by atoms with Crippen LogP contribution in [-0.2, 0) is 24.4 Å². The molecule has 5 fully saturated rings. The lowest BCUT2D eigenvalue weighted by Gasteiger charge is -2.40. The van der Waals surface area contributed by atoms with Gasteiger partial charge in [0.05, 0.1) is 24.6 Å². The molecule has 57 heavy (non-hydrogen) atoms. The van der Waals surface area contributed by atoms with Crippen LogP contribution in [0.25, 0.3) is 10.8 Å².